The standard InChI is InChI=1S/C25H27N3O/c1-19(27-29-2)13-15-28-16-14-24-22(18-28)17-23(20-9-5-3-6-10-20)25(26-24)21-11-7-4-8-12-21/h3-12,17H,13-16,18H2,1-2H3. The van der Waals surface area contributed by atoms with E-state index in [9.17, 15) is 0 Å². The molecule has 4 heteroatoms. The zero-order chi connectivity index (χ0) is 20.1. The number of rotatable bonds is 6. The first-order valence-electron chi connectivity index (χ1n) is 10.2. The highest BCUT2D eigenvalue weighted by Gasteiger charge is 2.21. The molecule has 0 saturated carbocycles. The van der Waals surface area contributed by atoms with Gasteiger partial charge in [-0.2, -0.15) is 0 Å². The molecule has 148 valence electrons. The smallest absolute Gasteiger partial charge is 0.106 e. The molecule has 0 amide bonds. The lowest BCUT2D eigenvalue weighted by molar-refractivity contribution is 0.210. The van der Waals surface area contributed by atoms with E-state index in [0.717, 1.165) is 43.9 Å². The first-order valence-corrected chi connectivity index (χ1v) is 10.2. The quantitative estimate of drug-likeness (QED) is 0.433. The second-order valence-electron chi connectivity index (χ2n) is 7.51. The number of oxime groups is 1. The molecular weight excluding hydrogens is 358 g/mol. The summed E-state index contributed by atoms with van der Waals surface area (Å²) in [6.45, 7) is 4.96. The predicted octanol–water partition coefficient (Wildman–Crippen LogP) is 5.19. The first-order chi connectivity index (χ1) is 14.2. The van der Waals surface area contributed by atoms with E-state index in [1.165, 1.54) is 27.9 Å². The Morgan fingerprint density at radius 1 is 1.03 bits per heavy atom. The number of benzene rings is 2. The summed E-state index contributed by atoms with van der Waals surface area (Å²) in [6, 6.07) is 23.4. The fourth-order valence-corrected chi connectivity index (χ4v) is 3.90. The molecule has 1 aliphatic rings. The maximum atomic E-state index is 5.15. The molecule has 0 N–H and O–H groups in total. The van der Waals surface area contributed by atoms with Crippen LogP contribution in [0.2, 0.25) is 0 Å². The van der Waals surface area contributed by atoms with E-state index in [1.807, 2.05) is 6.92 Å². The zero-order valence-electron chi connectivity index (χ0n) is 17.1. The van der Waals surface area contributed by atoms with Gasteiger partial charge < -0.3 is 4.84 Å². The first kappa shape index (κ1) is 19.3. The van der Waals surface area contributed by atoms with Crippen molar-refractivity contribution in [2.45, 2.75) is 26.3 Å². The molecule has 0 aliphatic carbocycles. The normalized spacial score (nSPS) is 14.5. The Kier molecular flexibility index (Phi) is 6.01. The SMILES string of the molecule is CON=C(C)CCN1CCc2nc(-c3ccccc3)c(-c3ccccc3)cc2C1. The second-order valence-corrected chi connectivity index (χ2v) is 7.51. The van der Waals surface area contributed by atoms with Gasteiger partial charge in [0.1, 0.15) is 7.11 Å². The molecule has 29 heavy (non-hydrogen) atoms. The summed E-state index contributed by atoms with van der Waals surface area (Å²) in [5, 5.41) is 4.03. The van der Waals surface area contributed by atoms with E-state index < -0.39 is 0 Å². The van der Waals surface area contributed by atoms with Gasteiger partial charge in [0, 0.05) is 49.3 Å². The van der Waals surface area contributed by atoms with Crippen LogP contribution in [0.5, 0.6) is 0 Å². The highest BCUT2D eigenvalue weighted by Crippen LogP contribution is 2.34. The van der Waals surface area contributed by atoms with Crippen LogP contribution in [0.3, 0.4) is 0 Å². The van der Waals surface area contributed by atoms with Crippen LogP contribution in [-0.4, -0.2) is 35.8 Å². The summed E-state index contributed by atoms with van der Waals surface area (Å²) in [6.07, 6.45) is 1.90. The van der Waals surface area contributed by atoms with Crippen LogP contribution in [0.25, 0.3) is 22.4 Å². The van der Waals surface area contributed by atoms with E-state index in [4.69, 9.17) is 9.82 Å². The molecule has 0 unspecified atom stereocenters. The van der Waals surface area contributed by atoms with Gasteiger partial charge in [0.15, 0.2) is 0 Å². The van der Waals surface area contributed by atoms with Crippen LogP contribution < -0.4 is 0 Å². The van der Waals surface area contributed by atoms with Crippen molar-refractivity contribution in [2.24, 2.45) is 5.16 Å². The lowest BCUT2D eigenvalue weighted by Gasteiger charge is -2.29. The topological polar surface area (TPSA) is 37.7 Å². The summed E-state index contributed by atoms with van der Waals surface area (Å²) in [5.41, 5.74) is 8.24. The minimum Gasteiger partial charge on any atom is -0.399 e. The maximum Gasteiger partial charge on any atom is 0.106 e. The summed E-state index contributed by atoms with van der Waals surface area (Å²) in [4.78, 5) is 12.5. The third kappa shape index (κ3) is 4.54. The third-order valence-corrected chi connectivity index (χ3v) is 5.42. The number of hydrogen-bond acceptors (Lipinski definition) is 4. The fourth-order valence-electron chi connectivity index (χ4n) is 3.90. The predicted molar refractivity (Wildman–Crippen MR) is 119 cm³/mol. The van der Waals surface area contributed by atoms with Gasteiger partial charge in [0.2, 0.25) is 0 Å². The minimum atomic E-state index is 0.921. The molecule has 0 bridgehead atoms. The number of nitrogens with zero attached hydrogens (tertiary/aromatic N) is 3. The highest BCUT2D eigenvalue weighted by atomic mass is 16.6. The molecule has 0 radical (unpaired) electrons. The van der Waals surface area contributed by atoms with Crippen LogP contribution in [0.1, 0.15) is 24.6 Å². The van der Waals surface area contributed by atoms with E-state index in [-0.39, 0.29) is 0 Å². The number of hydrogen-bond donors (Lipinski definition) is 0. The monoisotopic (exact) mass is 385 g/mol. The Balaban J connectivity index is 1.67. The van der Waals surface area contributed by atoms with Crippen LogP contribution in [0.4, 0.5) is 0 Å². The van der Waals surface area contributed by atoms with Gasteiger partial charge in [-0.25, -0.2) is 0 Å². The maximum absolute atomic E-state index is 5.15. The van der Waals surface area contributed by atoms with Crippen molar-refractivity contribution in [1.29, 1.82) is 0 Å². The van der Waals surface area contributed by atoms with E-state index in [0.29, 0.717) is 0 Å². The van der Waals surface area contributed by atoms with Gasteiger partial charge in [0.05, 0.1) is 11.4 Å². The molecule has 1 aromatic heterocycles. The molecule has 0 saturated heterocycles. The summed E-state index contributed by atoms with van der Waals surface area (Å²) in [7, 11) is 1.60. The largest absolute Gasteiger partial charge is 0.399 e. The van der Waals surface area contributed by atoms with E-state index in [1.54, 1.807) is 7.11 Å². The van der Waals surface area contributed by atoms with Gasteiger partial charge >= 0.3 is 0 Å². The number of pyridine rings is 1. The van der Waals surface area contributed by atoms with Crippen LogP contribution in [-0.2, 0) is 17.8 Å². The Morgan fingerprint density at radius 2 is 1.72 bits per heavy atom. The molecule has 0 spiro atoms. The molecule has 1 aliphatic heterocycles. The molecule has 4 rings (SSSR count). The molecule has 3 aromatic rings. The lowest BCUT2D eigenvalue weighted by atomic mass is 9.94. The van der Waals surface area contributed by atoms with Crippen LogP contribution >= 0.6 is 0 Å². The molecule has 2 aromatic carbocycles. The van der Waals surface area contributed by atoms with Gasteiger partial charge in [-0.05, 0) is 24.1 Å². The van der Waals surface area contributed by atoms with E-state index in [2.05, 4.69) is 76.8 Å². The number of aromatic nitrogens is 1. The molecule has 2 heterocycles. The van der Waals surface area contributed by atoms with Crippen molar-refractivity contribution in [2.75, 3.05) is 20.2 Å². The van der Waals surface area contributed by atoms with Crippen molar-refractivity contribution < 1.29 is 4.84 Å². The Bertz CT molecular complexity index is 984. The van der Waals surface area contributed by atoms with Gasteiger partial charge in [-0.1, -0.05) is 65.8 Å². The summed E-state index contributed by atoms with van der Waals surface area (Å²) >= 11 is 0. The molecule has 4 nitrogen and oxygen atoms in total. The Morgan fingerprint density at radius 3 is 2.41 bits per heavy atom. The molecule has 0 atom stereocenters. The average Bonchev–Trinajstić information content (AvgIpc) is 2.78. The van der Waals surface area contributed by atoms with Crippen molar-refractivity contribution in [3.63, 3.8) is 0 Å². The van der Waals surface area contributed by atoms with Crippen molar-refractivity contribution >= 4 is 5.71 Å². The number of fused-ring (bicyclic) bond motifs is 1. The summed E-state index contributed by atoms with van der Waals surface area (Å²) in [5.74, 6) is 0. The van der Waals surface area contributed by atoms with Crippen LogP contribution in [0, 0.1) is 0 Å². The van der Waals surface area contributed by atoms with Crippen molar-refractivity contribution in [3.8, 4) is 22.4 Å². The molecular formula is C25H27N3O. The van der Waals surface area contributed by atoms with Crippen LogP contribution in [0.15, 0.2) is 71.9 Å². The second kappa shape index (κ2) is 9.01. The lowest BCUT2D eigenvalue weighted by Crippen LogP contribution is -2.32. The van der Waals surface area contributed by atoms with Crippen molar-refractivity contribution in [3.05, 3.63) is 78.0 Å². The van der Waals surface area contributed by atoms with Gasteiger partial charge in [-0.3, -0.25) is 9.88 Å². The minimum absolute atomic E-state index is 0.921. The third-order valence-electron chi connectivity index (χ3n) is 5.42. The average molecular weight is 386 g/mol. The molecule has 0 fully saturated rings. The van der Waals surface area contributed by atoms with E-state index >= 15 is 0 Å². The van der Waals surface area contributed by atoms with Crippen molar-refractivity contribution in [1.82, 2.24) is 9.88 Å². The highest BCUT2D eigenvalue weighted by molar-refractivity contribution is 5.82. The Hall–Kier alpha value is -2.98. The van der Waals surface area contributed by atoms with Gasteiger partial charge in [-0.15, -0.1) is 0 Å². The Labute approximate surface area is 172 Å². The summed E-state index contributed by atoms with van der Waals surface area (Å²) < 4.78 is 0. The zero-order valence-corrected chi connectivity index (χ0v) is 17.1. The van der Waals surface area contributed by atoms with Gasteiger partial charge in [0.25, 0.3) is 0 Å². The fraction of sp³-hybridized carbons (Fsp3) is 0.280.